The van der Waals surface area contributed by atoms with Crippen molar-refractivity contribution in [1.29, 1.82) is 0 Å². The third-order valence-electron chi connectivity index (χ3n) is 5.41. The van der Waals surface area contributed by atoms with E-state index in [1.54, 1.807) is 0 Å². The molecule has 1 saturated carbocycles. The molecular formula is C17H33N3O. The number of fused-ring (bicyclic) bond motifs is 1. The molecule has 21 heavy (non-hydrogen) atoms. The Labute approximate surface area is 129 Å². The molecule has 2 fully saturated rings. The number of nitrogens with one attached hydrogen (secondary N) is 1. The fraction of sp³-hybridized carbons (Fsp3) is 0.941. The normalized spacial score (nSPS) is 29.9. The molecule has 2 rings (SSSR count). The van der Waals surface area contributed by atoms with Crippen molar-refractivity contribution >= 4 is 5.91 Å². The second-order valence-electron chi connectivity index (χ2n) is 7.54. The molecule has 4 heteroatoms. The maximum atomic E-state index is 11.9. The van der Waals surface area contributed by atoms with Crippen molar-refractivity contribution in [2.45, 2.75) is 83.3 Å². The maximum Gasteiger partial charge on any atom is 0.237 e. The lowest BCUT2D eigenvalue weighted by atomic mass is 9.78. The monoisotopic (exact) mass is 295 g/mol. The van der Waals surface area contributed by atoms with E-state index in [1.807, 2.05) is 6.92 Å². The predicted molar refractivity (Wildman–Crippen MR) is 87.0 cm³/mol. The standard InChI is InChI=1S/C17H33N3O/c1-13(2)19-17(3,16(18)21)10-12-20-11-6-8-14-7-4-5-9-15(14)20/h13-15,19H,4-12H2,1-3H3,(H2,18,21). The zero-order valence-electron chi connectivity index (χ0n) is 14.0. The van der Waals surface area contributed by atoms with Gasteiger partial charge in [0.15, 0.2) is 0 Å². The molecule has 3 N–H and O–H groups in total. The second-order valence-corrected chi connectivity index (χ2v) is 7.54. The zero-order chi connectivity index (χ0) is 15.5. The largest absolute Gasteiger partial charge is 0.368 e. The number of rotatable bonds is 6. The van der Waals surface area contributed by atoms with Crippen molar-refractivity contribution in [3.63, 3.8) is 0 Å². The van der Waals surface area contributed by atoms with Gasteiger partial charge in [0.2, 0.25) is 5.91 Å². The van der Waals surface area contributed by atoms with Crippen LogP contribution in [0.2, 0.25) is 0 Å². The van der Waals surface area contributed by atoms with Crippen molar-refractivity contribution in [3.05, 3.63) is 0 Å². The van der Waals surface area contributed by atoms with Gasteiger partial charge in [-0.05, 0) is 65.3 Å². The van der Waals surface area contributed by atoms with E-state index in [4.69, 9.17) is 5.73 Å². The van der Waals surface area contributed by atoms with Crippen molar-refractivity contribution in [2.24, 2.45) is 11.7 Å². The Kier molecular flexibility index (Phi) is 5.67. The van der Waals surface area contributed by atoms with Crippen LogP contribution >= 0.6 is 0 Å². The maximum absolute atomic E-state index is 11.9. The highest BCUT2D eigenvalue weighted by atomic mass is 16.1. The van der Waals surface area contributed by atoms with E-state index in [0.29, 0.717) is 0 Å². The summed E-state index contributed by atoms with van der Waals surface area (Å²) < 4.78 is 0. The fourth-order valence-electron chi connectivity index (χ4n) is 4.28. The number of hydrogen-bond donors (Lipinski definition) is 2. The van der Waals surface area contributed by atoms with Crippen LogP contribution in [0.1, 0.15) is 65.7 Å². The van der Waals surface area contributed by atoms with Gasteiger partial charge in [0.25, 0.3) is 0 Å². The van der Waals surface area contributed by atoms with Crippen molar-refractivity contribution in [3.8, 4) is 0 Å². The van der Waals surface area contributed by atoms with E-state index < -0.39 is 5.54 Å². The van der Waals surface area contributed by atoms with Crippen LogP contribution in [-0.4, -0.2) is 41.5 Å². The average Bonchev–Trinajstić information content (AvgIpc) is 2.44. The minimum absolute atomic E-state index is 0.228. The molecule has 3 atom stereocenters. The number of nitrogens with zero attached hydrogens (tertiary/aromatic N) is 1. The van der Waals surface area contributed by atoms with Crippen LogP contribution in [0, 0.1) is 5.92 Å². The van der Waals surface area contributed by atoms with Crippen LogP contribution in [-0.2, 0) is 4.79 Å². The van der Waals surface area contributed by atoms with E-state index in [2.05, 4.69) is 24.1 Å². The molecule has 2 aliphatic rings. The van der Waals surface area contributed by atoms with Crippen molar-refractivity contribution < 1.29 is 4.79 Å². The van der Waals surface area contributed by atoms with Crippen molar-refractivity contribution in [1.82, 2.24) is 10.2 Å². The van der Waals surface area contributed by atoms with E-state index in [1.165, 1.54) is 45.1 Å². The first-order chi connectivity index (χ1) is 9.92. The van der Waals surface area contributed by atoms with E-state index >= 15 is 0 Å². The molecule has 1 heterocycles. The van der Waals surface area contributed by atoms with Gasteiger partial charge in [-0.25, -0.2) is 0 Å². The lowest BCUT2D eigenvalue weighted by Crippen LogP contribution is -2.58. The molecule has 122 valence electrons. The summed E-state index contributed by atoms with van der Waals surface area (Å²) in [4.78, 5) is 14.5. The number of amides is 1. The third kappa shape index (κ3) is 4.19. The number of likely N-dealkylation sites (tertiary alicyclic amines) is 1. The topological polar surface area (TPSA) is 58.4 Å². The molecule has 0 aromatic heterocycles. The number of carbonyl (C=O) groups excluding carboxylic acids is 1. The Morgan fingerprint density at radius 1 is 1.29 bits per heavy atom. The average molecular weight is 295 g/mol. The zero-order valence-corrected chi connectivity index (χ0v) is 14.0. The first-order valence-corrected chi connectivity index (χ1v) is 8.74. The number of piperidine rings is 1. The minimum atomic E-state index is -0.588. The van der Waals surface area contributed by atoms with Crippen LogP contribution < -0.4 is 11.1 Å². The Morgan fingerprint density at radius 3 is 2.62 bits per heavy atom. The van der Waals surface area contributed by atoms with Gasteiger partial charge in [0.05, 0.1) is 5.54 Å². The van der Waals surface area contributed by atoms with Crippen LogP contribution in [0.3, 0.4) is 0 Å². The molecule has 0 radical (unpaired) electrons. The summed E-state index contributed by atoms with van der Waals surface area (Å²) in [6.45, 7) is 8.27. The summed E-state index contributed by atoms with van der Waals surface area (Å²) in [5, 5.41) is 3.37. The predicted octanol–water partition coefficient (Wildman–Crippen LogP) is 2.27. The SMILES string of the molecule is CC(C)NC(C)(CCN1CCCC2CCCCC21)C(N)=O. The third-order valence-corrected chi connectivity index (χ3v) is 5.41. The minimum Gasteiger partial charge on any atom is -0.368 e. The molecule has 0 aromatic rings. The lowest BCUT2D eigenvalue weighted by Gasteiger charge is -2.45. The van der Waals surface area contributed by atoms with E-state index in [0.717, 1.165) is 24.9 Å². The highest BCUT2D eigenvalue weighted by Gasteiger charge is 2.36. The fourth-order valence-corrected chi connectivity index (χ4v) is 4.28. The van der Waals surface area contributed by atoms with Gasteiger partial charge in [-0.1, -0.05) is 12.8 Å². The van der Waals surface area contributed by atoms with Crippen LogP contribution in [0.15, 0.2) is 0 Å². The molecule has 0 spiro atoms. The number of hydrogen-bond acceptors (Lipinski definition) is 3. The Balaban J connectivity index is 1.94. The summed E-state index contributed by atoms with van der Waals surface area (Å²) in [5.74, 6) is 0.666. The molecule has 1 amide bonds. The summed E-state index contributed by atoms with van der Waals surface area (Å²) in [6, 6.07) is 1.02. The van der Waals surface area contributed by atoms with Gasteiger partial charge in [-0.3, -0.25) is 4.79 Å². The quantitative estimate of drug-likeness (QED) is 0.790. The number of primary amides is 1. The molecule has 0 bridgehead atoms. The summed E-state index contributed by atoms with van der Waals surface area (Å²) in [6.07, 6.45) is 9.04. The van der Waals surface area contributed by atoms with Crippen LogP contribution in [0.4, 0.5) is 0 Å². The van der Waals surface area contributed by atoms with Gasteiger partial charge < -0.3 is 16.0 Å². The van der Waals surface area contributed by atoms with Gasteiger partial charge in [0, 0.05) is 18.6 Å². The smallest absolute Gasteiger partial charge is 0.237 e. The van der Waals surface area contributed by atoms with Crippen LogP contribution in [0.25, 0.3) is 0 Å². The highest BCUT2D eigenvalue weighted by Crippen LogP contribution is 2.35. The molecule has 1 aliphatic carbocycles. The lowest BCUT2D eigenvalue weighted by molar-refractivity contribution is -0.124. The molecule has 1 aliphatic heterocycles. The van der Waals surface area contributed by atoms with E-state index in [9.17, 15) is 4.79 Å². The number of carbonyl (C=O) groups is 1. The molecule has 4 nitrogen and oxygen atoms in total. The number of nitrogens with two attached hydrogens (primary N) is 1. The van der Waals surface area contributed by atoms with Crippen LogP contribution in [0.5, 0.6) is 0 Å². The summed E-state index contributed by atoms with van der Waals surface area (Å²) in [7, 11) is 0. The highest BCUT2D eigenvalue weighted by molar-refractivity contribution is 5.84. The Hall–Kier alpha value is -0.610. The van der Waals surface area contributed by atoms with Gasteiger partial charge in [-0.2, -0.15) is 0 Å². The van der Waals surface area contributed by atoms with Gasteiger partial charge >= 0.3 is 0 Å². The van der Waals surface area contributed by atoms with Gasteiger partial charge in [0.1, 0.15) is 0 Å². The Morgan fingerprint density at radius 2 is 1.95 bits per heavy atom. The van der Waals surface area contributed by atoms with Gasteiger partial charge in [-0.15, -0.1) is 0 Å². The van der Waals surface area contributed by atoms with E-state index in [-0.39, 0.29) is 11.9 Å². The first-order valence-electron chi connectivity index (χ1n) is 8.74. The Bertz CT molecular complexity index is 356. The molecule has 0 aromatic carbocycles. The van der Waals surface area contributed by atoms with Crippen molar-refractivity contribution in [2.75, 3.05) is 13.1 Å². The molecule has 3 unspecified atom stereocenters. The molecular weight excluding hydrogens is 262 g/mol. The summed E-state index contributed by atoms with van der Waals surface area (Å²) in [5.41, 5.74) is 5.06. The first kappa shape index (κ1) is 16.8. The second kappa shape index (κ2) is 7.10. The summed E-state index contributed by atoms with van der Waals surface area (Å²) >= 11 is 0. The molecule has 1 saturated heterocycles.